The van der Waals surface area contributed by atoms with E-state index in [0.717, 1.165) is 16.7 Å². The number of aliphatic hydroxyl groups is 1. The van der Waals surface area contributed by atoms with Crippen LogP contribution in [0.15, 0.2) is 87.5 Å². The van der Waals surface area contributed by atoms with Crippen molar-refractivity contribution in [2.24, 2.45) is 0 Å². The second kappa shape index (κ2) is 12.7. The third-order valence-electron chi connectivity index (χ3n) is 6.40. The van der Waals surface area contributed by atoms with E-state index in [4.69, 9.17) is 28.9 Å². The van der Waals surface area contributed by atoms with Crippen molar-refractivity contribution < 1.29 is 47.6 Å². The molecule has 0 saturated carbocycles. The SMILES string of the molecule is Cc1ccc(S(=O)(=O)OC2C(O)OC(CCl)C(OS(=O)(=O)c3ccc(C)cc3)C2OS(=O)(=O)c2ccc(C)cc2)cc1. The van der Waals surface area contributed by atoms with Crippen LogP contribution in [0.25, 0.3) is 0 Å². The third kappa shape index (κ3) is 7.38. The highest BCUT2D eigenvalue weighted by Crippen LogP contribution is 2.34. The minimum absolute atomic E-state index is 0.280. The zero-order valence-corrected chi connectivity index (χ0v) is 25.9. The van der Waals surface area contributed by atoms with Crippen LogP contribution in [0.3, 0.4) is 0 Å². The summed E-state index contributed by atoms with van der Waals surface area (Å²) in [7, 11) is -14.0. The zero-order chi connectivity index (χ0) is 30.9. The Labute approximate surface area is 250 Å². The molecule has 0 radical (unpaired) electrons. The summed E-state index contributed by atoms with van der Waals surface area (Å²) >= 11 is 6.02. The van der Waals surface area contributed by atoms with Crippen molar-refractivity contribution in [1.29, 1.82) is 0 Å². The average Bonchev–Trinajstić information content (AvgIpc) is 2.92. The number of alkyl halides is 1. The molecular formula is C27H29ClO11S3. The highest BCUT2D eigenvalue weighted by atomic mass is 35.5. The molecule has 228 valence electrons. The minimum atomic E-state index is -4.71. The molecule has 3 aromatic rings. The normalized spacial score (nSPS) is 23.5. The minimum Gasteiger partial charge on any atom is -0.366 e. The predicted molar refractivity (Wildman–Crippen MR) is 151 cm³/mol. The maximum Gasteiger partial charge on any atom is 0.297 e. The Morgan fingerprint density at radius 2 is 0.905 bits per heavy atom. The summed E-state index contributed by atoms with van der Waals surface area (Å²) in [6.45, 7) is 5.21. The molecule has 1 N–H and O–H groups in total. The summed E-state index contributed by atoms with van der Waals surface area (Å²) in [6, 6.07) is 16.6. The number of ether oxygens (including phenoxy) is 1. The Morgan fingerprint density at radius 1 is 0.595 bits per heavy atom. The van der Waals surface area contributed by atoms with Gasteiger partial charge in [-0.2, -0.15) is 25.3 Å². The van der Waals surface area contributed by atoms with Gasteiger partial charge in [0.15, 0.2) is 12.4 Å². The molecular weight excluding hydrogens is 632 g/mol. The number of hydrogen-bond donors (Lipinski definition) is 1. The van der Waals surface area contributed by atoms with E-state index in [1.165, 1.54) is 72.8 Å². The van der Waals surface area contributed by atoms with Crippen LogP contribution in [0.1, 0.15) is 16.7 Å². The van der Waals surface area contributed by atoms with Crippen LogP contribution < -0.4 is 0 Å². The summed E-state index contributed by atoms with van der Waals surface area (Å²) < 4.78 is 101. The monoisotopic (exact) mass is 660 g/mol. The van der Waals surface area contributed by atoms with Gasteiger partial charge in [-0.25, -0.2) is 0 Å². The molecule has 4 rings (SSSR count). The molecule has 5 atom stereocenters. The number of hydrogen-bond acceptors (Lipinski definition) is 11. The van der Waals surface area contributed by atoms with Gasteiger partial charge in [-0.1, -0.05) is 53.1 Å². The van der Waals surface area contributed by atoms with Gasteiger partial charge < -0.3 is 9.84 Å². The van der Waals surface area contributed by atoms with Gasteiger partial charge in [0.2, 0.25) is 0 Å². The van der Waals surface area contributed by atoms with E-state index in [0.29, 0.717) is 0 Å². The zero-order valence-electron chi connectivity index (χ0n) is 22.7. The first-order valence-electron chi connectivity index (χ1n) is 12.5. The fourth-order valence-electron chi connectivity index (χ4n) is 4.07. The van der Waals surface area contributed by atoms with E-state index in [9.17, 15) is 30.4 Å². The Hall–Kier alpha value is -2.40. The van der Waals surface area contributed by atoms with Crippen LogP contribution in [0.4, 0.5) is 0 Å². The van der Waals surface area contributed by atoms with Gasteiger partial charge in [0.25, 0.3) is 30.4 Å². The van der Waals surface area contributed by atoms with Gasteiger partial charge in [0, 0.05) is 0 Å². The van der Waals surface area contributed by atoms with Crippen molar-refractivity contribution in [1.82, 2.24) is 0 Å². The molecule has 0 bridgehead atoms. The molecule has 1 aliphatic heterocycles. The van der Waals surface area contributed by atoms with Gasteiger partial charge in [0.05, 0.1) is 20.6 Å². The lowest BCUT2D eigenvalue weighted by Gasteiger charge is -2.42. The second-order valence-electron chi connectivity index (χ2n) is 9.70. The highest BCUT2D eigenvalue weighted by molar-refractivity contribution is 7.87. The number of rotatable bonds is 10. The Kier molecular flexibility index (Phi) is 9.82. The average molecular weight is 661 g/mol. The van der Waals surface area contributed by atoms with Crippen LogP contribution in [0, 0.1) is 20.8 Å². The van der Waals surface area contributed by atoms with Crippen molar-refractivity contribution in [2.45, 2.75) is 66.2 Å². The number of halogens is 1. The summed E-state index contributed by atoms with van der Waals surface area (Å²) in [5.41, 5.74) is 2.26. The molecule has 0 amide bonds. The molecule has 1 heterocycles. The lowest BCUT2D eigenvalue weighted by Crippen LogP contribution is -2.61. The molecule has 42 heavy (non-hydrogen) atoms. The van der Waals surface area contributed by atoms with Crippen molar-refractivity contribution in [2.75, 3.05) is 5.88 Å². The van der Waals surface area contributed by atoms with E-state index in [1.807, 2.05) is 0 Å². The summed E-state index contributed by atoms with van der Waals surface area (Å²) in [5.74, 6) is -0.493. The number of aryl methyl sites for hydroxylation is 3. The lowest BCUT2D eigenvalue weighted by molar-refractivity contribution is -0.258. The molecule has 1 fully saturated rings. The molecule has 1 saturated heterocycles. The lowest BCUT2D eigenvalue weighted by atomic mass is 10.0. The molecule has 0 aliphatic carbocycles. The highest BCUT2D eigenvalue weighted by Gasteiger charge is 2.53. The quantitative estimate of drug-likeness (QED) is 0.251. The first kappa shape index (κ1) is 32.5. The molecule has 11 nitrogen and oxygen atoms in total. The van der Waals surface area contributed by atoms with Gasteiger partial charge in [0.1, 0.15) is 18.3 Å². The van der Waals surface area contributed by atoms with E-state index >= 15 is 0 Å². The van der Waals surface area contributed by atoms with E-state index in [2.05, 4.69) is 0 Å². The Balaban J connectivity index is 1.79. The van der Waals surface area contributed by atoms with E-state index < -0.39 is 66.9 Å². The van der Waals surface area contributed by atoms with Gasteiger partial charge in [-0.15, -0.1) is 11.6 Å². The molecule has 1 aliphatic rings. The second-order valence-corrected chi connectivity index (χ2v) is 14.7. The summed E-state index contributed by atoms with van der Waals surface area (Å²) in [4.78, 5) is -0.918. The Morgan fingerprint density at radius 3 is 1.24 bits per heavy atom. The maximum absolute atomic E-state index is 13.4. The number of aliphatic hydroxyl groups excluding tert-OH is 1. The van der Waals surface area contributed by atoms with Crippen molar-refractivity contribution in [3.63, 3.8) is 0 Å². The third-order valence-corrected chi connectivity index (χ3v) is 10.7. The number of benzene rings is 3. The van der Waals surface area contributed by atoms with Crippen LogP contribution in [0.5, 0.6) is 0 Å². The van der Waals surface area contributed by atoms with Crippen LogP contribution in [-0.2, 0) is 47.6 Å². The smallest absolute Gasteiger partial charge is 0.297 e. The first-order valence-corrected chi connectivity index (χ1v) is 17.3. The first-order chi connectivity index (χ1) is 19.6. The molecule has 5 unspecified atom stereocenters. The van der Waals surface area contributed by atoms with Gasteiger partial charge >= 0.3 is 0 Å². The van der Waals surface area contributed by atoms with E-state index in [-0.39, 0.29) is 14.7 Å². The van der Waals surface area contributed by atoms with Crippen molar-refractivity contribution in [3.8, 4) is 0 Å². The molecule has 0 spiro atoms. The van der Waals surface area contributed by atoms with Crippen LogP contribution in [-0.4, -0.2) is 66.9 Å². The van der Waals surface area contributed by atoms with E-state index in [1.54, 1.807) is 20.8 Å². The maximum atomic E-state index is 13.4. The summed E-state index contributed by atoms with van der Waals surface area (Å²) in [5, 5.41) is 10.8. The van der Waals surface area contributed by atoms with Gasteiger partial charge in [-0.3, -0.25) is 12.5 Å². The predicted octanol–water partition coefficient (Wildman–Crippen LogP) is 3.19. The standard InChI is InChI=1S/C27H29ClO11S3/c1-17-4-10-20(11-5-17)40(30,31)37-24-23(16-28)36-27(29)26(39-42(34,35)22-14-8-19(3)9-15-22)25(24)38-41(32,33)21-12-6-18(2)7-13-21/h4-15,23-27,29H,16H2,1-3H3. The fourth-order valence-corrected chi connectivity index (χ4v) is 7.59. The molecule has 0 aromatic heterocycles. The molecule has 3 aromatic carbocycles. The molecule has 15 heteroatoms. The van der Waals surface area contributed by atoms with Crippen molar-refractivity contribution in [3.05, 3.63) is 89.5 Å². The van der Waals surface area contributed by atoms with Crippen molar-refractivity contribution >= 4 is 42.0 Å². The topological polar surface area (TPSA) is 160 Å². The summed E-state index contributed by atoms with van der Waals surface area (Å²) in [6.07, 6.45) is -9.63. The van der Waals surface area contributed by atoms with Crippen LogP contribution >= 0.6 is 11.6 Å². The van der Waals surface area contributed by atoms with Gasteiger partial charge in [-0.05, 0) is 57.2 Å². The Bertz CT molecular complexity index is 1710. The van der Waals surface area contributed by atoms with Crippen LogP contribution in [0.2, 0.25) is 0 Å². The largest absolute Gasteiger partial charge is 0.366 e. The fraction of sp³-hybridized carbons (Fsp3) is 0.333.